The smallest absolute Gasteiger partial charge is 0.172 e. The first-order valence-corrected chi connectivity index (χ1v) is 4.52. The third kappa shape index (κ3) is 1.93. The number of allylic oxidation sites excluding steroid dienone is 1. The van der Waals surface area contributed by atoms with Gasteiger partial charge in [0, 0.05) is 12.8 Å². The van der Waals surface area contributed by atoms with E-state index in [4.69, 9.17) is 0 Å². The molecule has 2 heteroatoms. The van der Waals surface area contributed by atoms with E-state index in [1.54, 1.807) is 0 Å². The third-order valence-electron chi connectivity index (χ3n) is 2.44. The average molecular weight is 170 g/mol. The highest BCUT2D eigenvalue weighted by Gasteiger charge is 2.36. The van der Waals surface area contributed by atoms with E-state index in [1.165, 1.54) is 6.08 Å². The van der Waals surface area contributed by atoms with E-state index < -0.39 is 5.67 Å². The van der Waals surface area contributed by atoms with Gasteiger partial charge in [-0.25, -0.2) is 4.39 Å². The number of hydrogen-bond acceptors (Lipinski definition) is 1. The maximum Gasteiger partial charge on any atom is 0.172 e. The van der Waals surface area contributed by atoms with Crippen LogP contribution in [-0.4, -0.2) is 11.5 Å². The highest BCUT2D eigenvalue weighted by atomic mass is 19.1. The molecule has 0 aromatic rings. The van der Waals surface area contributed by atoms with Crippen LogP contribution in [0.5, 0.6) is 0 Å². The third-order valence-corrected chi connectivity index (χ3v) is 2.44. The van der Waals surface area contributed by atoms with Crippen molar-refractivity contribution in [3.05, 3.63) is 12.7 Å². The Morgan fingerprint density at radius 1 is 1.50 bits per heavy atom. The van der Waals surface area contributed by atoms with Gasteiger partial charge < -0.3 is 0 Å². The molecule has 0 aromatic heterocycles. The summed E-state index contributed by atoms with van der Waals surface area (Å²) in [5.74, 6) is -0.222. The normalized spacial score (nSPS) is 31.2. The van der Waals surface area contributed by atoms with Crippen LogP contribution in [-0.2, 0) is 4.79 Å². The number of carbonyl (C=O) groups is 1. The van der Waals surface area contributed by atoms with Gasteiger partial charge in [-0.1, -0.05) is 12.5 Å². The fourth-order valence-electron chi connectivity index (χ4n) is 1.68. The number of hydrogen-bond donors (Lipinski definition) is 0. The Morgan fingerprint density at radius 2 is 2.25 bits per heavy atom. The average Bonchev–Trinajstić information content (AvgIpc) is 2.17. The predicted molar refractivity (Wildman–Crippen MR) is 46.7 cm³/mol. The van der Waals surface area contributed by atoms with E-state index in [-0.39, 0.29) is 12.2 Å². The Labute approximate surface area is 72.7 Å². The van der Waals surface area contributed by atoms with Gasteiger partial charge in [0.25, 0.3) is 0 Å². The molecule has 1 aliphatic rings. The van der Waals surface area contributed by atoms with Crippen LogP contribution in [0.3, 0.4) is 0 Å². The maximum atomic E-state index is 13.8. The van der Waals surface area contributed by atoms with Gasteiger partial charge >= 0.3 is 0 Å². The largest absolute Gasteiger partial charge is 0.296 e. The lowest BCUT2D eigenvalue weighted by Gasteiger charge is -2.19. The van der Waals surface area contributed by atoms with E-state index in [0.717, 1.165) is 19.3 Å². The molecule has 1 saturated carbocycles. The summed E-state index contributed by atoms with van der Waals surface area (Å²) in [6, 6.07) is 0. The molecule has 1 nitrogen and oxygen atoms in total. The van der Waals surface area contributed by atoms with Crippen molar-refractivity contribution in [3.8, 4) is 0 Å². The molecule has 0 aliphatic heterocycles. The molecule has 1 rings (SSSR count). The zero-order valence-corrected chi connectivity index (χ0v) is 7.31. The van der Waals surface area contributed by atoms with Crippen molar-refractivity contribution in [1.29, 1.82) is 0 Å². The predicted octanol–water partition coefficient (Wildman–Crippen LogP) is 2.80. The molecule has 0 radical (unpaired) electrons. The minimum atomic E-state index is -1.59. The Morgan fingerprint density at radius 3 is 2.92 bits per heavy atom. The molecule has 0 aromatic carbocycles. The molecule has 0 heterocycles. The molecule has 0 amide bonds. The van der Waals surface area contributed by atoms with Crippen LogP contribution in [0.4, 0.5) is 4.39 Å². The molecule has 1 aliphatic carbocycles. The first kappa shape index (κ1) is 9.43. The van der Waals surface area contributed by atoms with Crippen molar-refractivity contribution >= 4 is 5.78 Å². The molecule has 0 N–H and O–H groups in total. The molecular weight excluding hydrogens is 155 g/mol. The Hall–Kier alpha value is -0.660. The summed E-state index contributed by atoms with van der Waals surface area (Å²) in [7, 11) is 0. The highest BCUT2D eigenvalue weighted by molar-refractivity contribution is 5.87. The van der Waals surface area contributed by atoms with Crippen molar-refractivity contribution in [2.24, 2.45) is 0 Å². The van der Waals surface area contributed by atoms with Crippen LogP contribution in [0.15, 0.2) is 12.7 Å². The SMILES string of the molecule is C=CCC1(F)CCCCCC1=O. The van der Waals surface area contributed by atoms with Gasteiger partial charge in [0.2, 0.25) is 0 Å². The van der Waals surface area contributed by atoms with Crippen LogP contribution >= 0.6 is 0 Å². The summed E-state index contributed by atoms with van der Waals surface area (Å²) in [6.45, 7) is 3.47. The maximum absolute atomic E-state index is 13.8. The quantitative estimate of drug-likeness (QED) is 0.460. The molecular formula is C10H15FO. The first-order chi connectivity index (χ1) is 5.69. The van der Waals surface area contributed by atoms with Crippen molar-refractivity contribution in [3.63, 3.8) is 0 Å². The summed E-state index contributed by atoms with van der Waals surface area (Å²) in [5.41, 5.74) is -1.59. The second-order valence-corrected chi connectivity index (χ2v) is 3.44. The Balaban J connectivity index is 2.68. The van der Waals surface area contributed by atoms with Crippen LogP contribution in [0.1, 0.15) is 38.5 Å². The standard InChI is InChI=1S/C10H15FO/c1-2-7-10(11)8-5-3-4-6-9(10)12/h2H,1,3-8H2. The zero-order valence-electron chi connectivity index (χ0n) is 7.31. The fourth-order valence-corrected chi connectivity index (χ4v) is 1.68. The van der Waals surface area contributed by atoms with Crippen molar-refractivity contribution < 1.29 is 9.18 Å². The van der Waals surface area contributed by atoms with Crippen LogP contribution in [0.2, 0.25) is 0 Å². The highest BCUT2D eigenvalue weighted by Crippen LogP contribution is 2.30. The number of alkyl halides is 1. The van der Waals surface area contributed by atoms with E-state index in [9.17, 15) is 9.18 Å². The summed E-state index contributed by atoms with van der Waals surface area (Å²) < 4.78 is 13.8. The van der Waals surface area contributed by atoms with Gasteiger partial charge in [-0.3, -0.25) is 4.79 Å². The van der Waals surface area contributed by atoms with Crippen molar-refractivity contribution in [2.45, 2.75) is 44.2 Å². The number of halogens is 1. The summed E-state index contributed by atoms with van der Waals surface area (Å²) in [5, 5.41) is 0. The lowest BCUT2D eigenvalue weighted by atomic mass is 9.92. The number of rotatable bonds is 2. The molecule has 12 heavy (non-hydrogen) atoms. The van der Waals surface area contributed by atoms with Gasteiger partial charge in [0.05, 0.1) is 0 Å². The summed E-state index contributed by atoms with van der Waals surface area (Å²) >= 11 is 0. The lowest BCUT2D eigenvalue weighted by molar-refractivity contribution is -0.130. The molecule has 1 atom stereocenters. The van der Waals surface area contributed by atoms with E-state index in [0.29, 0.717) is 12.8 Å². The second-order valence-electron chi connectivity index (χ2n) is 3.44. The molecule has 1 fully saturated rings. The van der Waals surface area contributed by atoms with Crippen molar-refractivity contribution in [2.75, 3.05) is 0 Å². The zero-order chi connectivity index (χ0) is 9.03. The minimum Gasteiger partial charge on any atom is -0.296 e. The van der Waals surface area contributed by atoms with Crippen LogP contribution in [0.25, 0.3) is 0 Å². The molecule has 0 spiro atoms. The van der Waals surface area contributed by atoms with Gasteiger partial charge in [-0.05, 0) is 19.3 Å². The van der Waals surface area contributed by atoms with Gasteiger partial charge in [0.1, 0.15) is 0 Å². The second kappa shape index (κ2) is 3.83. The number of ketones is 1. The molecule has 0 saturated heterocycles. The fraction of sp³-hybridized carbons (Fsp3) is 0.700. The molecule has 68 valence electrons. The summed E-state index contributed by atoms with van der Waals surface area (Å²) in [4.78, 5) is 11.3. The Bertz CT molecular complexity index is 188. The van der Waals surface area contributed by atoms with E-state index in [1.807, 2.05) is 0 Å². The van der Waals surface area contributed by atoms with Gasteiger partial charge in [-0.2, -0.15) is 0 Å². The van der Waals surface area contributed by atoms with Crippen LogP contribution in [0, 0.1) is 0 Å². The topological polar surface area (TPSA) is 17.1 Å². The number of carbonyl (C=O) groups excluding carboxylic acids is 1. The van der Waals surface area contributed by atoms with E-state index in [2.05, 4.69) is 6.58 Å². The number of Topliss-reactive ketones (excluding diaryl/α,β-unsaturated/α-hetero) is 1. The molecule has 1 unspecified atom stereocenters. The van der Waals surface area contributed by atoms with Gasteiger partial charge in [-0.15, -0.1) is 6.58 Å². The van der Waals surface area contributed by atoms with E-state index >= 15 is 0 Å². The lowest BCUT2D eigenvalue weighted by Crippen LogP contribution is -2.31. The minimum absolute atomic E-state index is 0.186. The monoisotopic (exact) mass is 170 g/mol. The summed E-state index contributed by atoms with van der Waals surface area (Å²) in [6.07, 6.45) is 5.14. The van der Waals surface area contributed by atoms with Gasteiger partial charge in [0.15, 0.2) is 11.5 Å². The van der Waals surface area contributed by atoms with Crippen LogP contribution < -0.4 is 0 Å². The van der Waals surface area contributed by atoms with Crippen molar-refractivity contribution in [1.82, 2.24) is 0 Å². The Kier molecular flexibility index (Phi) is 3.01. The first-order valence-electron chi connectivity index (χ1n) is 4.52. The molecule has 0 bridgehead atoms.